The summed E-state index contributed by atoms with van der Waals surface area (Å²) in [5.74, 6) is 0. The van der Waals surface area contributed by atoms with Gasteiger partial charge in [-0.3, -0.25) is 0 Å². The summed E-state index contributed by atoms with van der Waals surface area (Å²) in [6.45, 7) is 0. The van der Waals surface area contributed by atoms with Gasteiger partial charge in [0.2, 0.25) is 0 Å². The van der Waals surface area contributed by atoms with Gasteiger partial charge >= 0.3 is 0 Å². The van der Waals surface area contributed by atoms with Crippen LogP contribution in [0, 0.1) is 0 Å². The van der Waals surface area contributed by atoms with Crippen molar-refractivity contribution >= 4 is 38.8 Å². The van der Waals surface area contributed by atoms with Crippen molar-refractivity contribution in [1.29, 1.82) is 0 Å². The number of nitrogens with zero attached hydrogens (tertiary/aromatic N) is 2. The Labute approximate surface area is 401 Å². The van der Waals surface area contributed by atoms with E-state index in [0.717, 1.165) is 18.5 Å². The van der Waals surface area contributed by atoms with Gasteiger partial charge in [-0.05, 0) is 134 Å². The van der Waals surface area contributed by atoms with Crippen LogP contribution in [0.25, 0.3) is 106 Å². The molecule has 2 heterocycles. The lowest BCUT2D eigenvalue weighted by Crippen LogP contribution is -2.25. The quantitative estimate of drug-likeness (QED) is 0.163. The maximum atomic E-state index is 2.55. The molecular formula is C67H44N2. The third-order valence-electron chi connectivity index (χ3n) is 15.6. The average molecular weight is 877 g/mol. The van der Waals surface area contributed by atoms with Crippen molar-refractivity contribution in [3.05, 3.63) is 270 Å². The molecule has 3 aliphatic rings. The van der Waals surface area contributed by atoms with E-state index in [0.29, 0.717) is 0 Å². The molecule has 3 aliphatic carbocycles. The minimum absolute atomic E-state index is 0.438. The third kappa shape index (κ3) is 5.32. The molecule has 1 spiro atoms. The predicted molar refractivity (Wildman–Crippen MR) is 288 cm³/mol. The maximum absolute atomic E-state index is 2.55. The van der Waals surface area contributed by atoms with Crippen molar-refractivity contribution in [3.63, 3.8) is 0 Å². The molecule has 0 atom stereocenters. The van der Waals surface area contributed by atoms with Gasteiger partial charge in [0.1, 0.15) is 0 Å². The Morgan fingerprint density at radius 2 is 0.826 bits per heavy atom. The fraction of sp³-hybridized carbons (Fsp3) is 0.0448. The van der Waals surface area contributed by atoms with Gasteiger partial charge in [-0.2, -0.15) is 0 Å². The van der Waals surface area contributed by atoms with E-state index in [1.54, 1.807) is 0 Å². The Morgan fingerprint density at radius 1 is 0.333 bits per heavy atom. The number of benzene rings is 10. The molecule has 0 saturated heterocycles. The Hall–Kier alpha value is -8.72. The van der Waals surface area contributed by atoms with Crippen LogP contribution in [0.3, 0.4) is 0 Å². The highest BCUT2D eigenvalue weighted by molar-refractivity contribution is 6.14. The van der Waals surface area contributed by atoms with Crippen LogP contribution in [0.2, 0.25) is 0 Å². The summed E-state index contributed by atoms with van der Waals surface area (Å²) >= 11 is 0. The van der Waals surface area contributed by atoms with Gasteiger partial charge in [0, 0.05) is 49.9 Å². The third-order valence-corrected chi connectivity index (χ3v) is 15.6. The maximum Gasteiger partial charge on any atom is 0.0725 e. The summed E-state index contributed by atoms with van der Waals surface area (Å²) in [6, 6.07) is 86.6. The van der Waals surface area contributed by atoms with Gasteiger partial charge in [-0.15, -0.1) is 0 Å². The summed E-state index contributed by atoms with van der Waals surface area (Å²) in [4.78, 5) is 0. The van der Waals surface area contributed by atoms with Crippen LogP contribution in [0.5, 0.6) is 0 Å². The highest BCUT2D eigenvalue weighted by atomic mass is 15.0. The molecule has 69 heavy (non-hydrogen) atoms. The van der Waals surface area contributed by atoms with Crippen LogP contribution < -0.4 is 0 Å². The molecule has 0 radical (unpaired) electrons. The second-order valence-corrected chi connectivity index (χ2v) is 19.0. The highest BCUT2D eigenvalue weighted by Gasteiger charge is 2.51. The van der Waals surface area contributed by atoms with Crippen molar-refractivity contribution in [2.75, 3.05) is 0 Å². The number of hydrogen-bond acceptors (Lipinski definition) is 0. The van der Waals surface area contributed by atoms with Crippen molar-refractivity contribution in [3.8, 4) is 67.0 Å². The molecule has 12 aromatic rings. The Morgan fingerprint density at radius 3 is 1.48 bits per heavy atom. The molecule has 2 aromatic heterocycles. The second kappa shape index (κ2) is 14.6. The van der Waals surface area contributed by atoms with E-state index in [1.165, 1.54) is 128 Å². The minimum Gasteiger partial charge on any atom is -0.312 e. The van der Waals surface area contributed by atoms with E-state index in [2.05, 4.69) is 252 Å². The van der Waals surface area contributed by atoms with E-state index >= 15 is 0 Å². The molecule has 0 saturated carbocycles. The fourth-order valence-corrected chi connectivity index (χ4v) is 12.8. The lowest BCUT2D eigenvalue weighted by atomic mass is 9.70. The molecule has 322 valence electrons. The van der Waals surface area contributed by atoms with Gasteiger partial charge in [-0.1, -0.05) is 188 Å². The normalized spacial score (nSPS) is 13.7. The van der Waals surface area contributed by atoms with E-state index in [9.17, 15) is 0 Å². The van der Waals surface area contributed by atoms with Crippen molar-refractivity contribution in [2.24, 2.45) is 0 Å². The first-order valence-electron chi connectivity index (χ1n) is 24.3. The average Bonchev–Trinajstić information content (AvgIpc) is 4.13. The first-order valence-corrected chi connectivity index (χ1v) is 24.3. The summed E-state index contributed by atoms with van der Waals surface area (Å²) in [6.07, 6.45) is 6.73. The van der Waals surface area contributed by atoms with Crippen LogP contribution >= 0.6 is 0 Å². The topological polar surface area (TPSA) is 9.86 Å². The van der Waals surface area contributed by atoms with Gasteiger partial charge in [0.25, 0.3) is 0 Å². The zero-order chi connectivity index (χ0) is 45.2. The van der Waals surface area contributed by atoms with Crippen molar-refractivity contribution < 1.29 is 0 Å². The van der Waals surface area contributed by atoms with E-state index in [4.69, 9.17) is 0 Å². The first-order chi connectivity index (χ1) is 34.3. The van der Waals surface area contributed by atoms with E-state index in [1.807, 2.05) is 0 Å². The lowest BCUT2D eigenvalue weighted by molar-refractivity contribution is 0.794. The molecule has 2 heteroatoms. The molecular weight excluding hydrogens is 833 g/mol. The zero-order valence-electron chi connectivity index (χ0n) is 37.9. The van der Waals surface area contributed by atoms with Gasteiger partial charge in [0.15, 0.2) is 0 Å². The monoisotopic (exact) mass is 876 g/mol. The molecule has 0 bridgehead atoms. The zero-order valence-corrected chi connectivity index (χ0v) is 37.9. The Kier molecular flexibility index (Phi) is 8.15. The van der Waals surface area contributed by atoms with Crippen molar-refractivity contribution in [1.82, 2.24) is 9.13 Å². The van der Waals surface area contributed by atoms with Crippen LogP contribution in [0.1, 0.15) is 39.9 Å². The number of rotatable bonds is 5. The van der Waals surface area contributed by atoms with Gasteiger partial charge < -0.3 is 9.13 Å². The SMILES string of the molecule is C1=Cc2c(n(-c3ccccc3)c3c(-c4cc(-c5ccc6c(c5)C5(c7ccccc7-c7ccccc75)c5ccccc5-6)cc(-c5cccc6c7ccccc7n(-c7ccccc7)c56)c4)cccc23)CC1. The number of hydrogen-bond donors (Lipinski definition) is 0. The first kappa shape index (κ1) is 38.4. The molecule has 0 N–H and O–H groups in total. The molecule has 15 rings (SSSR count). The number of para-hydroxylation sites is 5. The summed E-state index contributed by atoms with van der Waals surface area (Å²) in [5.41, 5.74) is 26.1. The van der Waals surface area contributed by atoms with Crippen molar-refractivity contribution in [2.45, 2.75) is 18.3 Å². The van der Waals surface area contributed by atoms with Crippen LogP contribution in [0.15, 0.2) is 237 Å². The Bertz CT molecular complexity index is 4060. The molecule has 2 nitrogen and oxygen atoms in total. The minimum atomic E-state index is -0.438. The largest absolute Gasteiger partial charge is 0.312 e. The number of aromatic nitrogens is 2. The van der Waals surface area contributed by atoms with Crippen LogP contribution in [-0.2, 0) is 11.8 Å². The fourth-order valence-electron chi connectivity index (χ4n) is 12.8. The Balaban J connectivity index is 1.04. The molecule has 0 unspecified atom stereocenters. The molecule has 10 aromatic carbocycles. The second-order valence-electron chi connectivity index (χ2n) is 19.0. The van der Waals surface area contributed by atoms with Crippen LogP contribution in [0.4, 0.5) is 0 Å². The smallest absolute Gasteiger partial charge is 0.0725 e. The highest BCUT2D eigenvalue weighted by Crippen LogP contribution is 2.63. The predicted octanol–water partition coefficient (Wildman–Crippen LogP) is 17.0. The van der Waals surface area contributed by atoms with E-state index in [-0.39, 0.29) is 0 Å². The summed E-state index contributed by atoms with van der Waals surface area (Å²) < 4.78 is 5.02. The number of allylic oxidation sites excluding steroid dienone is 1. The van der Waals surface area contributed by atoms with Gasteiger partial charge in [-0.25, -0.2) is 0 Å². The molecule has 0 aliphatic heterocycles. The standard InChI is InChI=1S/C67H44N2/c1-3-19-47(20-4-1)68-63-35-15-10-26-55(63)57-30-17-28-49(65(57)68)45-39-44(40-46(41-45)50-29-18-31-58-56-27-11-16-36-64(56)69(66(50)58)48-21-5-2-6-22-48)43-37-38-54-53-25-9-14-34-61(53)67(62(54)42-43)59-32-12-7-23-51(59)52-24-8-13-33-60(52)67/h1-15,17-35,37-42H,16,36H2. The molecule has 0 amide bonds. The van der Waals surface area contributed by atoms with Gasteiger partial charge in [0.05, 0.1) is 22.0 Å². The van der Waals surface area contributed by atoms with E-state index < -0.39 is 5.41 Å². The summed E-state index contributed by atoms with van der Waals surface area (Å²) in [5, 5.41) is 3.78. The molecule has 0 fully saturated rings. The lowest BCUT2D eigenvalue weighted by Gasteiger charge is -2.30. The summed E-state index contributed by atoms with van der Waals surface area (Å²) in [7, 11) is 0. The van der Waals surface area contributed by atoms with Crippen LogP contribution in [-0.4, -0.2) is 9.13 Å². The number of fused-ring (bicyclic) bond motifs is 16.